The summed E-state index contributed by atoms with van der Waals surface area (Å²) < 4.78 is 4.87. The van der Waals surface area contributed by atoms with Gasteiger partial charge in [-0.25, -0.2) is 9.78 Å². The molecule has 0 aliphatic carbocycles. The molecule has 0 saturated carbocycles. The third-order valence-electron chi connectivity index (χ3n) is 4.29. The Morgan fingerprint density at radius 2 is 1.78 bits per heavy atom. The van der Waals surface area contributed by atoms with Crippen LogP contribution >= 0.6 is 22.9 Å². The van der Waals surface area contributed by atoms with Gasteiger partial charge in [0.15, 0.2) is 0 Å². The molecule has 0 saturated heterocycles. The second kappa shape index (κ2) is 7.02. The molecule has 0 aliphatic heterocycles. The number of pyridine rings is 1. The highest BCUT2D eigenvalue weighted by molar-refractivity contribution is 7.21. The van der Waals surface area contributed by atoms with Crippen LogP contribution in [0.4, 0.5) is 5.69 Å². The highest BCUT2D eigenvalue weighted by atomic mass is 35.5. The predicted octanol–water partition coefficient (Wildman–Crippen LogP) is 5.65. The number of carbonyl (C=O) groups is 1. The van der Waals surface area contributed by atoms with Crippen LogP contribution in [0.1, 0.15) is 9.67 Å². The third-order valence-corrected chi connectivity index (χ3v) is 5.63. The lowest BCUT2D eigenvalue weighted by Gasteiger charge is -2.09. The van der Waals surface area contributed by atoms with Crippen LogP contribution < -0.4 is 5.73 Å². The average molecular weight is 395 g/mol. The van der Waals surface area contributed by atoms with E-state index in [-0.39, 0.29) is 0 Å². The van der Waals surface area contributed by atoms with E-state index in [1.165, 1.54) is 18.4 Å². The Kier molecular flexibility index (Phi) is 4.56. The van der Waals surface area contributed by atoms with Gasteiger partial charge in [-0.15, -0.1) is 11.3 Å². The average Bonchev–Trinajstić information content (AvgIpc) is 3.04. The van der Waals surface area contributed by atoms with Gasteiger partial charge in [0, 0.05) is 16.0 Å². The van der Waals surface area contributed by atoms with Crippen LogP contribution in [0.3, 0.4) is 0 Å². The number of methoxy groups -OCH3 is 1. The van der Waals surface area contributed by atoms with Crippen molar-refractivity contribution in [3.8, 4) is 22.4 Å². The third kappa shape index (κ3) is 3.16. The van der Waals surface area contributed by atoms with Crippen LogP contribution in [0.5, 0.6) is 0 Å². The SMILES string of the molecule is COC(=O)c1sc2nc(-c3ccccc3)cc(-c3ccc(Cl)cc3)c2c1N. The number of ether oxygens (including phenoxy) is 1. The number of halogens is 1. The number of carbonyl (C=O) groups excluding carboxylic acids is 1. The number of anilines is 1. The maximum absolute atomic E-state index is 12.1. The van der Waals surface area contributed by atoms with E-state index >= 15 is 0 Å². The van der Waals surface area contributed by atoms with E-state index in [1.807, 2.05) is 60.7 Å². The van der Waals surface area contributed by atoms with Gasteiger partial charge in [0.2, 0.25) is 0 Å². The zero-order chi connectivity index (χ0) is 19.0. The van der Waals surface area contributed by atoms with Crippen LogP contribution in [0.15, 0.2) is 60.7 Å². The molecule has 4 nitrogen and oxygen atoms in total. The van der Waals surface area contributed by atoms with Crippen LogP contribution in [0.25, 0.3) is 32.6 Å². The molecule has 6 heteroatoms. The Balaban J connectivity index is 2.04. The van der Waals surface area contributed by atoms with Crippen molar-refractivity contribution in [3.63, 3.8) is 0 Å². The van der Waals surface area contributed by atoms with Crippen molar-refractivity contribution in [1.29, 1.82) is 0 Å². The first-order valence-electron chi connectivity index (χ1n) is 8.21. The lowest BCUT2D eigenvalue weighted by atomic mass is 9.99. The van der Waals surface area contributed by atoms with E-state index in [4.69, 9.17) is 27.1 Å². The Bertz CT molecular complexity index is 1140. The monoisotopic (exact) mass is 394 g/mol. The molecule has 0 bridgehead atoms. The molecule has 2 aromatic heterocycles. The summed E-state index contributed by atoms with van der Waals surface area (Å²) in [7, 11) is 1.34. The van der Waals surface area contributed by atoms with Gasteiger partial charge in [0.1, 0.15) is 9.71 Å². The fraction of sp³-hybridized carbons (Fsp3) is 0.0476. The van der Waals surface area contributed by atoms with Gasteiger partial charge in [-0.05, 0) is 29.3 Å². The predicted molar refractivity (Wildman–Crippen MR) is 111 cm³/mol. The number of hydrogen-bond donors (Lipinski definition) is 1. The van der Waals surface area contributed by atoms with Crippen molar-refractivity contribution in [2.75, 3.05) is 12.8 Å². The van der Waals surface area contributed by atoms with Gasteiger partial charge in [0.05, 0.1) is 18.5 Å². The van der Waals surface area contributed by atoms with Gasteiger partial charge in [0.25, 0.3) is 0 Å². The number of hydrogen-bond acceptors (Lipinski definition) is 5. The van der Waals surface area contributed by atoms with Crippen molar-refractivity contribution in [1.82, 2.24) is 4.98 Å². The standard InChI is InChI=1S/C21H15ClN2O2S/c1-26-21(25)19-18(23)17-15(12-7-9-14(22)10-8-12)11-16(24-20(17)27-19)13-5-3-2-4-6-13/h2-11H,23H2,1H3. The molecular formula is C21H15ClN2O2S. The molecular weight excluding hydrogens is 380 g/mol. The highest BCUT2D eigenvalue weighted by Crippen LogP contribution is 2.41. The fourth-order valence-electron chi connectivity index (χ4n) is 2.98. The van der Waals surface area contributed by atoms with Gasteiger partial charge in [-0.1, -0.05) is 54.1 Å². The van der Waals surface area contributed by atoms with E-state index in [0.717, 1.165) is 27.8 Å². The van der Waals surface area contributed by atoms with Crippen molar-refractivity contribution >= 4 is 44.8 Å². The zero-order valence-electron chi connectivity index (χ0n) is 14.4. The second-order valence-corrected chi connectivity index (χ2v) is 7.38. The summed E-state index contributed by atoms with van der Waals surface area (Å²) in [5.74, 6) is -0.459. The maximum atomic E-state index is 12.1. The Labute approximate surface area is 165 Å². The topological polar surface area (TPSA) is 65.2 Å². The first kappa shape index (κ1) is 17.5. The van der Waals surface area contributed by atoms with Crippen molar-refractivity contribution in [2.45, 2.75) is 0 Å². The molecule has 2 aromatic carbocycles. The van der Waals surface area contributed by atoms with Gasteiger partial charge in [-0.3, -0.25) is 0 Å². The molecule has 0 spiro atoms. The van der Waals surface area contributed by atoms with Crippen LogP contribution in [-0.4, -0.2) is 18.1 Å². The number of fused-ring (bicyclic) bond motifs is 1. The number of aromatic nitrogens is 1. The number of nitrogen functional groups attached to an aromatic ring is 1. The molecule has 4 aromatic rings. The Morgan fingerprint density at radius 1 is 1.07 bits per heavy atom. The van der Waals surface area contributed by atoms with Crippen molar-refractivity contribution in [2.24, 2.45) is 0 Å². The number of thiophene rings is 1. The second-order valence-electron chi connectivity index (χ2n) is 5.94. The molecule has 0 atom stereocenters. The van der Waals surface area contributed by atoms with Gasteiger partial charge < -0.3 is 10.5 Å². The Morgan fingerprint density at radius 3 is 2.44 bits per heavy atom. The largest absolute Gasteiger partial charge is 0.465 e. The number of benzene rings is 2. The van der Waals surface area contributed by atoms with E-state index in [2.05, 4.69) is 0 Å². The summed E-state index contributed by atoms with van der Waals surface area (Å²) in [6.45, 7) is 0. The quantitative estimate of drug-likeness (QED) is 0.456. The van der Waals surface area contributed by atoms with Gasteiger partial charge in [-0.2, -0.15) is 0 Å². The minimum atomic E-state index is -0.459. The molecule has 0 amide bonds. The summed E-state index contributed by atoms with van der Waals surface area (Å²) in [5, 5.41) is 1.41. The summed E-state index contributed by atoms with van der Waals surface area (Å²) in [4.78, 5) is 17.9. The first-order valence-corrected chi connectivity index (χ1v) is 9.40. The first-order chi connectivity index (χ1) is 13.1. The molecule has 2 heterocycles. The van der Waals surface area contributed by atoms with Crippen molar-refractivity contribution < 1.29 is 9.53 Å². The number of esters is 1. The number of rotatable bonds is 3. The molecule has 2 N–H and O–H groups in total. The smallest absolute Gasteiger partial charge is 0.350 e. The number of nitrogens with two attached hydrogens (primary N) is 1. The van der Waals surface area contributed by atoms with E-state index < -0.39 is 5.97 Å². The number of nitrogens with zero attached hydrogens (tertiary/aromatic N) is 1. The molecule has 0 unspecified atom stereocenters. The summed E-state index contributed by atoms with van der Waals surface area (Å²) >= 11 is 7.28. The minimum Gasteiger partial charge on any atom is -0.465 e. The van der Waals surface area contributed by atoms with Crippen molar-refractivity contribution in [3.05, 3.63) is 70.6 Å². The van der Waals surface area contributed by atoms with E-state index in [9.17, 15) is 4.79 Å². The Hall–Kier alpha value is -2.89. The zero-order valence-corrected chi connectivity index (χ0v) is 16.0. The molecule has 0 aliphatic rings. The molecule has 27 heavy (non-hydrogen) atoms. The highest BCUT2D eigenvalue weighted by Gasteiger charge is 2.22. The minimum absolute atomic E-state index is 0.362. The van der Waals surface area contributed by atoms with Gasteiger partial charge >= 0.3 is 5.97 Å². The lowest BCUT2D eigenvalue weighted by molar-refractivity contribution is 0.0607. The van der Waals surface area contributed by atoms with E-state index in [1.54, 1.807) is 0 Å². The summed E-state index contributed by atoms with van der Waals surface area (Å²) in [6, 6.07) is 19.4. The molecule has 4 rings (SSSR count). The van der Waals surface area contributed by atoms with Crippen LogP contribution in [-0.2, 0) is 4.74 Å². The lowest BCUT2D eigenvalue weighted by Crippen LogP contribution is -2.01. The maximum Gasteiger partial charge on any atom is 0.350 e. The normalized spacial score (nSPS) is 10.9. The molecule has 0 fully saturated rings. The van der Waals surface area contributed by atoms with Crippen LogP contribution in [0.2, 0.25) is 5.02 Å². The summed E-state index contributed by atoms with van der Waals surface area (Å²) in [5.41, 5.74) is 10.4. The summed E-state index contributed by atoms with van der Waals surface area (Å²) in [6.07, 6.45) is 0. The molecule has 134 valence electrons. The molecule has 0 radical (unpaired) electrons. The fourth-order valence-corrected chi connectivity index (χ4v) is 4.14. The van der Waals surface area contributed by atoms with Crippen LogP contribution in [0, 0.1) is 0 Å². The van der Waals surface area contributed by atoms with E-state index in [0.29, 0.717) is 20.4 Å².